The van der Waals surface area contributed by atoms with Gasteiger partial charge in [0.1, 0.15) is 0 Å². The van der Waals surface area contributed by atoms with Gasteiger partial charge in [-0.2, -0.15) is 0 Å². The highest BCUT2D eigenvalue weighted by Gasteiger charge is 2.74. The van der Waals surface area contributed by atoms with Crippen molar-refractivity contribution in [2.45, 2.75) is 68.1 Å². The quantitative estimate of drug-likeness (QED) is 0.712. The molecule has 0 radical (unpaired) electrons. The van der Waals surface area contributed by atoms with Gasteiger partial charge in [0.05, 0.1) is 11.0 Å². The highest BCUT2D eigenvalue weighted by Crippen LogP contribution is 2.66. The number of carbonyl (C=O) groups is 1. The van der Waals surface area contributed by atoms with Gasteiger partial charge in [0.2, 0.25) is 0 Å². The molecule has 3 aliphatic carbocycles. The molecule has 156 valence electrons. The van der Waals surface area contributed by atoms with Crippen molar-refractivity contribution in [2.75, 3.05) is 26.3 Å². The number of hydrogen-bond acceptors (Lipinski definition) is 6. The van der Waals surface area contributed by atoms with Crippen molar-refractivity contribution in [3.8, 4) is 11.5 Å². The highest BCUT2D eigenvalue weighted by atomic mass is 16.5. The first-order valence-electron chi connectivity index (χ1n) is 11.1. The van der Waals surface area contributed by atoms with Gasteiger partial charge in [-0.05, 0) is 62.6 Å². The van der Waals surface area contributed by atoms with E-state index in [0.717, 1.165) is 37.4 Å². The van der Waals surface area contributed by atoms with Crippen molar-refractivity contribution in [2.24, 2.45) is 5.92 Å². The summed E-state index contributed by atoms with van der Waals surface area (Å²) in [6, 6.07) is 3.94. The number of ketones is 1. The van der Waals surface area contributed by atoms with E-state index >= 15 is 0 Å². The molecule has 0 unspecified atom stereocenters. The van der Waals surface area contributed by atoms with E-state index in [1.54, 1.807) is 6.07 Å². The average Bonchev–Trinajstić information content (AvgIpc) is 3.45. The second-order valence-electron chi connectivity index (χ2n) is 9.61. The number of benzene rings is 1. The van der Waals surface area contributed by atoms with Gasteiger partial charge >= 0.3 is 0 Å². The number of aromatic hydroxyl groups is 1. The zero-order chi connectivity index (χ0) is 19.8. The maximum absolute atomic E-state index is 13.1. The summed E-state index contributed by atoms with van der Waals surface area (Å²) in [5.41, 5.74) is 1.20. The summed E-state index contributed by atoms with van der Waals surface area (Å²) in [6.07, 6.45) is 5.46. The van der Waals surface area contributed by atoms with Crippen LogP contribution in [0, 0.1) is 5.92 Å². The standard InChI is InChI=1S/C23H29NO5/c25-10-1-11-28-23-7-6-17(27)21-22(23)8-9-24(13-14-2-3-14)18(23)12-15-4-5-16(26)20(29-21)19(15)22/h4-5,14,18,21,25-26H,1-3,6-13H2/t18-,21+,22+,23-/m1/s1. The third-order valence-electron chi connectivity index (χ3n) is 8.18. The van der Waals surface area contributed by atoms with Crippen LogP contribution in [0.4, 0.5) is 0 Å². The number of phenols is 1. The number of hydrogen-bond donors (Lipinski definition) is 2. The second kappa shape index (κ2) is 6.19. The fourth-order valence-electron chi connectivity index (χ4n) is 6.85. The minimum absolute atomic E-state index is 0.0982. The number of aliphatic hydroxyl groups excluding tert-OH is 1. The Bertz CT molecular complexity index is 867. The molecule has 0 aromatic heterocycles. The van der Waals surface area contributed by atoms with Crippen molar-refractivity contribution in [3.05, 3.63) is 23.3 Å². The number of piperidine rings is 1. The predicted octanol–water partition coefficient (Wildman–Crippen LogP) is 1.93. The molecule has 2 N–H and O–H groups in total. The number of carbonyl (C=O) groups excluding carboxylic acids is 1. The van der Waals surface area contributed by atoms with Gasteiger partial charge in [0.25, 0.3) is 0 Å². The SMILES string of the molecule is O=C1CC[C@@]2(OCCCO)[C@H]3Cc4ccc(O)c5c4[C@@]2(CCN3CC2CC2)[C@H]1O5. The predicted molar refractivity (Wildman–Crippen MR) is 105 cm³/mol. The van der Waals surface area contributed by atoms with Crippen LogP contribution in [0.15, 0.2) is 12.1 Å². The first kappa shape index (κ1) is 18.2. The minimum atomic E-state index is -0.571. The van der Waals surface area contributed by atoms with Crippen molar-refractivity contribution >= 4 is 5.78 Å². The fraction of sp³-hybridized carbons (Fsp3) is 0.696. The van der Waals surface area contributed by atoms with E-state index < -0.39 is 17.1 Å². The number of aliphatic hydroxyl groups is 1. The lowest BCUT2D eigenvalue weighted by atomic mass is 9.48. The molecule has 1 spiro atoms. The molecular formula is C23H29NO5. The van der Waals surface area contributed by atoms with Crippen molar-refractivity contribution in [1.29, 1.82) is 0 Å². The Kier molecular flexibility index (Phi) is 3.88. The summed E-state index contributed by atoms with van der Waals surface area (Å²) < 4.78 is 13.0. The van der Waals surface area contributed by atoms with Crippen LogP contribution in [0.2, 0.25) is 0 Å². The molecule has 5 aliphatic rings. The Hall–Kier alpha value is -1.63. The topological polar surface area (TPSA) is 79.2 Å². The summed E-state index contributed by atoms with van der Waals surface area (Å²) in [7, 11) is 0. The molecule has 1 saturated heterocycles. The van der Waals surface area contributed by atoms with Crippen LogP contribution in [0.3, 0.4) is 0 Å². The lowest BCUT2D eigenvalue weighted by Crippen LogP contribution is -2.77. The van der Waals surface area contributed by atoms with E-state index in [0.29, 0.717) is 31.6 Å². The zero-order valence-electron chi connectivity index (χ0n) is 16.7. The van der Waals surface area contributed by atoms with Crippen molar-refractivity contribution < 1.29 is 24.5 Å². The molecule has 1 aromatic rings. The number of likely N-dealkylation sites (tertiary alicyclic amines) is 1. The van der Waals surface area contributed by atoms with Crippen LogP contribution >= 0.6 is 0 Å². The smallest absolute Gasteiger partial charge is 0.174 e. The first-order valence-corrected chi connectivity index (χ1v) is 11.1. The van der Waals surface area contributed by atoms with Gasteiger partial charge in [0, 0.05) is 37.8 Å². The number of nitrogens with zero attached hydrogens (tertiary/aromatic N) is 1. The molecule has 1 aromatic carbocycles. The van der Waals surface area contributed by atoms with Crippen molar-refractivity contribution in [1.82, 2.24) is 4.90 Å². The summed E-state index contributed by atoms with van der Waals surface area (Å²) in [5.74, 6) is 1.55. The van der Waals surface area contributed by atoms with Gasteiger partial charge in [-0.15, -0.1) is 0 Å². The van der Waals surface area contributed by atoms with Gasteiger partial charge in [-0.25, -0.2) is 0 Å². The van der Waals surface area contributed by atoms with E-state index in [-0.39, 0.29) is 24.2 Å². The van der Waals surface area contributed by atoms with Crippen LogP contribution in [-0.4, -0.2) is 64.9 Å². The van der Waals surface area contributed by atoms with Crippen LogP contribution in [0.25, 0.3) is 0 Å². The maximum Gasteiger partial charge on any atom is 0.174 e. The first-order chi connectivity index (χ1) is 14.1. The molecule has 6 heteroatoms. The lowest BCUT2D eigenvalue weighted by Gasteiger charge is -2.64. The summed E-state index contributed by atoms with van der Waals surface area (Å²) >= 11 is 0. The molecule has 4 atom stereocenters. The second-order valence-corrected chi connectivity index (χ2v) is 9.61. The Morgan fingerprint density at radius 3 is 2.93 bits per heavy atom. The third-order valence-corrected chi connectivity index (χ3v) is 8.18. The van der Waals surface area contributed by atoms with Gasteiger partial charge in [0.15, 0.2) is 23.4 Å². The minimum Gasteiger partial charge on any atom is -0.504 e. The molecule has 2 saturated carbocycles. The van der Waals surface area contributed by atoms with Gasteiger partial charge < -0.3 is 19.7 Å². The van der Waals surface area contributed by atoms with E-state index in [9.17, 15) is 15.0 Å². The molecule has 2 bridgehead atoms. The maximum atomic E-state index is 13.1. The molecule has 3 fully saturated rings. The molecular weight excluding hydrogens is 370 g/mol. The van der Waals surface area contributed by atoms with E-state index in [1.165, 1.54) is 18.4 Å². The Morgan fingerprint density at radius 2 is 2.14 bits per heavy atom. The third kappa shape index (κ3) is 2.25. The largest absolute Gasteiger partial charge is 0.504 e. The molecule has 29 heavy (non-hydrogen) atoms. The van der Waals surface area contributed by atoms with Crippen LogP contribution in [0.5, 0.6) is 11.5 Å². The normalized spacial score (nSPS) is 37.3. The van der Waals surface area contributed by atoms with E-state index in [4.69, 9.17) is 9.47 Å². The Balaban J connectivity index is 1.54. The summed E-state index contributed by atoms with van der Waals surface area (Å²) in [5, 5.41) is 19.9. The van der Waals surface area contributed by atoms with Crippen LogP contribution < -0.4 is 4.74 Å². The number of phenolic OH excluding ortho intramolecular Hbond substituents is 1. The lowest BCUT2D eigenvalue weighted by molar-refractivity contribution is -0.214. The van der Waals surface area contributed by atoms with Gasteiger partial charge in [-0.3, -0.25) is 9.69 Å². The number of Topliss-reactive ketones (excluding diaryl/α,β-unsaturated/α-hetero) is 1. The Morgan fingerprint density at radius 1 is 1.28 bits per heavy atom. The van der Waals surface area contributed by atoms with Crippen LogP contribution in [-0.2, 0) is 21.4 Å². The van der Waals surface area contributed by atoms with Crippen LogP contribution in [0.1, 0.15) is 49.7 Å². The molecule has 6 rings (SSSR count). The van der Waals surface area contributed by atoms with E-state index in [1.807, 2.05) is 6.07 Å². The molecule has 2 aliphatic heterocycles. The summed E-state index contributed by atoms with van der Waals surface area (Å²) in [6.45, 7) is 2.62. The number of ether oxygens (including phenoxy) is 2. The molecule has 2 heterocycles. The molecule has 6 nitrogen and oxygen atoms in total. The zero-order valence-corrected chi connectivity index (χ0v) is 16.7. The van der Waals surface area contributed by atoms with Gasteiger partial charge in [-0.1, -0.05) is 6.07 Å². The van der Waals surface area contributed by atoms with Crippen molar-refractivity contribution in [3.63, 3.8) is 0 Å². The monoisotopic (exact) mass is 399 g/mol. The average molecular weight is 399 g/mol. The fourth-order valence-corrected chi connectivity index (χ4v) is 6.85. The highest BCUT2D eigenvalue weighted by molar-refractivity contribution is 5.90. The van der Waals surface area contributed by atoms with E-state index in [2.05, 4.69) is 4.90 Å². The number of rotatable bonds is 6. The Labute approximate surface area is 170 Å². The summed E-state index contributed by atoms with van der Waals surface area (Å²) in [4.78, 5) is 15.7. The molecule has 0 amide bonds.